The normalized spacial score (nSPS) is 10.7. The number of carbonyl (C=O) groups excluding carboxylic acids is 1. The molecule has 3 nitrogen and oxygen atoms in total. The third-order valence-electron chi connectivity index (χ3n) is 2.46. The fourth-order valence-electron chi connectivity index (χ4n) is 1.51. The van der Waals surface area contributed by atoms with Gasteiger partial charge >= 0.3 is 0 Å². The molecule has 0 aliphatic heterocycles. The van der Waals surface area contributed by atoms with Crippen molar-refractivity contribution in [3.8, 4) is 0 Å². The van der Waals surface area contributed by atoms with Crippen LogP contribution in [0, 0.1) is 0 Å². The van der Waals surface area contributed by atoms with E-state index in [-0.39, 0.29) is 5.91 Å². The van der Waals surface area contributed by atoms with E-state index in [1.807, 2.05) is 18.2 Å². The van der Waals surface area contributed by atoms with E-state index >= 15 is 0 Å². The van der Waals surface area contributed by atoms with Crippen molar-refractivity contribution >= 4 is 32.8 Å². The molecular weight excluding hydrogens is 272 g/mol. The first kappa shape index (κ1) is 11.2. The number of likely N-dealkylation sites (N-methyl/N-ethyl adjacent to an activating group) is 1. The molecule has 0 aliphatic rings. The molecule has 0 bridgehead atoms. The first-order valence-electron chi connectivity index (χ1n) is 4.93. The molecular formula is C12H12BrNO2. The van der Waals surface area contributed by atoms with Gasteiger partial charge in [-0.25, -0.2) is 0 Å². The predicted octanol–water partition coefficient (Wildman–Crippen LogP) is 2.83. The minimum atomic E-state index is 0.0719. The summed E-state index contributed by atoms with van der Waals surface area (Å²) in [4.78, 5) is 13.2. The lowest BCUT2D eigenvalue weighted by atomic mass is 10.3. The number of nitrogens with zero attached hydrogens (tertiary/aromatic N) is 1. The number of halogens is 1. The highest BCUT2D eigenvalue weighted by Gasteiger charge is 2.11. The second kappa shape index (κ2) is 4.29. The molecule has 0 fully saturated rings. The third kappa shape index (κ3) is 2.11. The van der Waals surface area contributed by atoms with Gasteiger partial charge in [-0.1, -0.05) is 15.9 Å². The Bertz CT molecular complexity index is 531. The average molecular weight is 284 g/mol. The van der Waals surface area contributed by atoms with Crippen molar-refractivity contribution in [2.75, 3.05) is 14.1 Å². The van der Waals surface area contributed by atoms with Gasteiger partial charge in [-0.3, -0.25) is 4.79 Å². The van der Waals surface area contributed by atoms with Gasteiger partial charge in [0.15, 0.2) is 0 Å². The molecule has 84 valence electrons. The Morgan fingerprint density at radius 3 is 2.94 bits per heavy atom. The molecule has 0 aliphatic carbocycles. The Hall–Kier alpha value is -1.29. The molecule has 0 radical (unpaired) electrons. The van der Waals surface area contributed by atoms with Gasteiger partial charge < -0.3 is 9.32 Å². The zero-order valence-corrected chi connectivity index (χ0v) is 10.7. The van der Waals surface area contributed by atoms with E-state index in [9.17, 15) is 4.79 Å². The van der Waals surface area contributed by atoms with E-state index < -0.39 is 0 Å². The van der Waals surface area contributed by atoms with E-state index in [0.29, 0.717) is 6.42 Å². The molecule has 2 rings (SSSR count). The maximum absolute atomic E-state index is 11.6. The number of hydrogen-bond donors (Lipinski definition) is 0. The largest absolute Gasteiger partial charge is 0.464 e. The lowest BCUT2D eigenvalue weighted by molar-refractivity contribution is -0.127. The summed E-state index contributed by atoms with van der Waals surface area (Å²) in [6, 6.07) is 5.78. The van der Waals surface area contributed by atoms with Crippen molar-refractivity contribution in [2.24, 2.45) is 0 Å². The van der Waals surface area contributed by atoms with Crippen molar-refractivity contribution in [2.45, 2.75) is 6.42 Å². The summed E-state index contributed by atoms with van der Waals surface area (Å²) in [5.41, 5.74) is 1.74. The lowest BCUT2D eigenvalue weighted by Gasteiger charge is -2.08. The molecule has 4 heteroatoms. The number of amides is 1. The molecule has 0 saturated heterocycles. The Morgan fingerprint density at radius 1 is 1.50 bits per heavy atom. The van der Waals surface area contributed by atoms with Gasteiger partial charge in [0.1, 0.15) is 5.58 Å². The highest BCUT2D eigenvalue weighted by Crippen LogP contribution is 2.25. The quantitative estimate of drug-likeness (QED) is 0.849. The summed E-state index contributed by atoms with van der Waals surface area (Å²) >= 11 is 3.41. The summed E-state index contributed by atoms with van der Waals surface area (Å²) in [5, 5.41) is 0.990. The van der Waals surface area contributed by atoms with Gasteiger partial charge in [-0.2, -0.15) is 0 Å². The summed E-state index contributed by atoms with van der Waals surface area (Å²) in [5.74, 6) is 0.0719. The van der Waals surface area contributed by atoms with Gasteiger partial charge in [0, 0.05) is 29.5 Å². The van der Waals surface area contributed by atoms with Gasteiger partial charge in [-0.05, 0) is 18.2 Å². The zero-order valence-electron chi connectivity index (χ0n) is 9.16. The van der Waals surface area contributed by atoms with Gasteiger partial charge in [-0.15, -0.1) is 0 Å². The predicted molar refractivity (Wildman–Crippen MR) is 66.3 cm³/mol. The number of fused-ring (bicyclic) bond motifs is 1. The average Bonchev–Trinajstić information content (AvgIpc) is 2.61. The fraction of sp³-hybridized carbons (Fsp3) is 0.250. The van der Waals surface area contributed by atoms with Gasteiger partial charge in [0.2, 0.25) is 5.91 Å². The molecule has 0 spiro atoms. The van der Waals surface area contributed by atoms with Crippen LogP contribution in [0.2, 0.25) is 0 Å². The van der Waals surface area contributed by atoms with Crippen molar-refractivity contribution in [1.29, 1.82) is 0 Å². The second-order valence-corrected chi connectivity index (χ2v) is 4.78. The summed E-state index contributed by atoms with van der Waals surface area (Å²) in [6.07, 6.45) is 2.02. The maximum atomic E-state index is 11.6. The molecule has 1 amide bonds. The number of furan rings is 1. The van der Waals surface area contributed by atoms with Crippen LogP contribution in [0.15, 0.2) is 33.4 Å². The number of rotatable bonds is 2. The molecule has 0 unspecified atom stereocenters. The Morgan fingerprint density at radius 2 is 2.25 bits per heavy atom. The summed E-state index contributed by atoms with van der Waals surface area (Å²) in [7, 11) is 3.50. The number of hydrogen-bond acceptors (Lipinski definition) is 2. The fourth-order valence-corrected chi connectivity index (χ4v) is 1.87. The van der Waals surface area contributed by atoms with Crippen molar-refractivity contribution in [1.82, 2.24) is 4.90 Å². The maximum Gasteiger partial charge on any atom is 0.226 e. The second-order valence-electron chi connectivity index (χ2n) is 3.87. The van der Waals surface area contributed by atoms with Crippen LogP contribution in [-0.2, 0) is 11.2 Å². The van der Waals surface area contributed by atoms with Crippen LogP contribution in [0.3, 0.4) is 0 Å². The molecule has 1 heterocycles. The van der Waals surface area contributed by atoms with E-state index in [0.717, 1.165) is 21.0 Å². The molecule has 2 aromatic rings. The standard InChI is InChI=1S/C12H12BrNO2/c1-14(2)12(15)5-8-7-16-11-4-3-9(13)6-10(8)11/h3-4,6-7H,5H2,1-2H3/i8+2. The molecule has 1 aromatic heterocycles. The molecule has 0 atom stereocenters. The first-order chi connectivity index (χ1) is 7.58. The van der Waals surface area contributed by atoms with E-state index in [1.165, 1.54) is 0 Å². The number of carbonyl (C=O) groups is 1. The Balaban J connectivity index is 2.38. The smallest absolute Gasteiger partial charge is 0.226 e. The van der Waals surface area contributed by atoms with Crippen LogP contribution in [0.25, 0.3) is 11.0 Å². The topological polar surface area (TPSA) is 33.5 Å². The summed E-state index contributed by atoms with van der Waals surface area (Å²) in [6.45, 7) is 0. The summed E-state index contributed by atoms with van der Waals surface area (Å²) < 4.78 is 6.38. The van der Waals surface area contributed by atoms with E-state index in [1.54, 1.807) is 25.3 Å². The minimum Gasteiger partial charge on any atom is -0.464 e. The monoisotopic (exact) mass is 283 g/mol. The van der Waals surface area contributed by atoms with Crippen LogP contribution < -0.4 is 0 Å². The Kier molecular flexibility index (Phi) is 3.01. The van der Waals surface area contributed by atoms with Crippen molar-refractivity contribution in [3.05, 3.63) is 34.5 Å². The molecule has 16 heavy (non-hydrogen) atoms. The number of benzene rings is 1. The van der Waals surface area contributed by atoms with Crippen molar-refractivity contribution in [3.63, 3.8) is 0 Å². The highest BCUT2D eigenvalue weighted by molar-refractivity contribution is 9.10. The lowest BCUT2D eigenvalue weighted by Crippen LogP contribution is -2.23. The minimum absolute atomic E-state index is 0.0719. The molecule has 0 saturated carbocycles. The van der Waals surface area contributed by atoms with E-state index in [2.05, 4.69) is 15.9 Å². The van der Waals surface area contributed by atoms with Crippen LogP contribution in [0.5, 0.6) is 0 Å². The van der Waals surface area contributed by atoms with Crippen LogP contribution in [0.1, 0.15) is 5.56 Å². The highest BCUT2D eigenvalue weighted by atomic mass is 79.9. The van der Waals surface area contributed by atoms with E-state index in [4.69, 9.17) is 4.42 Å². The molecule has 0 N–H and O–H groups in total. The Labute approximate surface area is 102 Å². The van der Waals surface area contributed by atoms with Crippen LogP contribution in [-0.4, -0.2) is 24.9 Å². The van der Waals surface area contributed by atoms with Gasteiger partial charge in [0.25, 0.3) is 0 Å². The third-order valence-corrected chi connectivity index (χ3v) is 2.95. The first-order valence-corrected chi connectivity index (χ1v) is 5.73. The zero-order chi connectivity index (χ0) is 11.7. The van der Waals surface area contributed by atoms with Gasteiger partial charge in [0.05, 0.1) is 12.7 Å². The van der Waals surface area contributed by atoms with Crippen LogP contribution >= 0.6 is 15.9 Å². The SMILES string of the molecule is CN(C)C(=O)C[14c]1coc2ccc(Br)cc21. The van der Waals surface area contributed by atoms with Crippen molar-refractivity contribution < 1.29 is 9.21 Å². The van der Waals surface area contributed by atoms with Crippen LogP contribution in [0.4, 0.5) is 0 Å². The molecule has 1 aromatic carbocycles.